The summed E-state index contributed by atoms with van der Waals surface area (Å²) in [6, 6.07) is 0. The van der Waals surface area contributed by atoms with Gasteiger partial charge in [-0.05, 0) is 15.9 Å². The molecule has 0 spiro atoms. The van der Waals surface area contributed by atoms with Crippen LogP contribution in [-0.2, 0) is 13.6 Å². The van der Waals surface area contributed by atoms with Crippen molar-refractivity contribution in [2.75, 3.05) is 5.73 Å². The van der Waals surface area contributed by atoms with Crippen LogP contribution in [0.1, 0.15) is 5.69 Å². The summed E-state index contributed by atoms with van der Waals surface area (Å²) in [4.78, 5) is 1.50. The first-order valence-corrected chi connectivity index (χ1v) is 4.78. The van der Waals surface area contributed by atoms with Gasteiger partial charge in [0.2, 0.25) is 0 Å². The molecule has 0 saturated heterocycles. The summed E-state index contributed by atoms with van der Waals surface area (Å²) in [5.74, 6) is 0.414. The van der Waals surface area contributed by atoms with Crippen molar-refractivity contribution in [3.8, 4) is 0 Å². The minimum absolute atomic E-state index is 0.414. The van der Waals surface area contributed by atoms with Crippen LogP contribution in [-0.4, -0.2) is 24.8 Å². The monoisotopic (exact) mass is 256 g/mol. The Labute approximate surface area is 88.8 Å². The van der Waals surface area contributed by atoms with Crippen LogP contribution in [0.2, 0.25) is 0 Å². The molecule has 0 fully saturated rings. The summed E-state index contributed by atoms with van der Waals surface area (Å²) in [7, 11) is 1.86. The van der Waals surface area contributed by atoms with Crippen molar-refractivity contribution >= 4 is 21.7 Å². The van der Waals surface area contributed by atoms with Gasteiger partial charge in [-0.3, -0.25) is 4.68 Å². The van der Waals surface area contributed by atoms with E-state index in [4.69, 9.17) is 5.73 Å². The number of aromatic nitrogens is 5. The van der Waals surface area contributed by atoms with Gasteiger partial charge in [-0.1, -0.05) is 0 Å². The molecule has 7 heteroatoms. The average Bonchev–Trinajstić information content (AvgIpc) is 2.61. The Balaban J connectivity index is 2.22. The lowest BCUT2D eigenvalue weighted by atomic mass is 10.4. The molecule has 2 aromatic heterocycles. The Morgan fingerprint density at radius 2 is 2.29 bits per heavy atom. The molecule has 74 valence electrons. The molecule has 0 aliphatic rings. The highest BCUT2D eigenvalue weighted by Crippen LogP contribution is 2.14. The molecule has 0 aliphatic heterocycles. The van der Waals surface area contributed by atoms with Gasteiger partial charge in [0.15, 0.2) is 5.82 Å². The van der Waals surface area contributed by atoms with Gasteiger partial charge in [-0.2, -0.15) is 15.0 Å². The third-order valence-electron chi connectivity index (χ3n) is 1.70. The van der Waals surface area contributed by atoms with Gasteiger partial charge >= 0.3 is 0 Å². The fourth-order valence-corrected chi connectivity index (χ4v) is 1.63. The lowest BCUT2D eigenvalue weighted by molar-refractivity contribution is 0.574. The molecule has 2 aromatic rings. The molecule has 0 bridgehead atoms. The van der Waals surface area contributed by atoms with Gasteiger partial charge in [-0.25, -0.2) is 0 Å². The second kappa shape index (κ2) is 3.41. The Hall–Kier alpha value is -1.37. The van der Waals surface area contributed by atoms with Crippen molar-refractivity contribution in [2.24, 2.45) is 7.05 Å². The van der Waals surface area contributed by atoms with E-state index in [1.54, 1.807) is 4.68 Å². The first-order valence-electron chi connectivity index (χ1n) is 3.99. The van der Waals surface area contributed by atoms with Gasteiger partial charge in [0.05, 0.1) is 16.4 Å². The first kappa shape index (κ1) is 9.20. The van der Waals surface area contributed by atoms with E-state index in [0.29, 0.717) is 12.4 Å². The largest absolute Gasteiger partial charge is 0.381 e. The maximum absolute atomic E-state index is 5.44. The quantitative estimate of drug-likeness (QED) is 0.845. The lowest BCUT2D eigenvalue weighted by Gasteiger charge is -1.95. The molecule has 0 radical (unpaired) electrons. The SMILES string of the molecule is Cn1cc(Br)c(Cn2ncc(N)n2)n1. The maximum Gasteiger partial charge on any atom is 0.165 e. The van der Waals surface area contributed by atoms with E-state index < -0.39 is 0 Å². The van der Waals surface area contributed by atoms with Crippen molar-refractivity contribution in [1.82, 2.24) is 24.8 Å². The van der Waals surface area contributed by atoms with E-state index in [-0.39, 0.29) is 0 Å². The van der Waals surface area contributed by atoms with Gasteiger partial charge in [0, 0.05) is 13.2 Å². The van der Waals surface area contributed by atoms with Crippen LogP contribution in [0.25, 0.3) is 0 Å². The van der Waals surface area contributed by atoms with Crippen LogP contribution in [0.3, 0.4) is 0 Å². The third-order valence-corrected chi connectivity index (χ3v) is 2.36. The number of hydrogen-bond donors (Lipinski definition) is 1. The standard InChI is InChI=1S/C7H9BrN6/c1-13-3-5(8)6(11-13)4-14-10-2-7(9)12-14/h2-3H,4H2,1H3,(H2,9,12). The van der Waals surface area contributed by atoms with Gasteiger partial charge < -0.3 is 5.73 Å². The number of hydrogen-bond acceptors (Lipinski definition) is 4. The maximum atomic E-state index is 5.44. The second-order valence-electron chi connectivity index (χ2n) is 2.90. The molecule has 0 aliphatic carbocycles. The van der Waals surface area contributed by atoms with Crippen LogP contribution in [0.5, 0.6) is 0 Å². The molecule has 0 unspecified atom stereocenters. The van der Waals surface area contributed by atoms with E-state index in [2.05, 4.69) is 31.2 Å². The smallest absolute Gasteiger partial charge is 0.165 e. The van der Waals surface area contributed by atoms with Gasteiger partial charge in [0.1, 0.15) is 6.54 Å². The summed E-state index contributed by atoms with van der Waals surface area (Å²) >= 11 is 3.40. The summed E-state index contributed by atoms with van der Waals surface area (Å²) in [6.07, 6.45) is 3.39. The van der Waals surface area contributed by atoms with Crippen LogP contribution in [0.4, 0.5) is 5.82 Å². The van der Waals surface area contributed by atoms with E-state index in [1.165, 1.54) is 11.0 Å². The third kappa shape index (κ3) is 1.77. The highest BCUT2D eigenvalue weighted by Gasteiger charge is 2.06. The topological polar surface area (TPSA) is 74.5 Å². The summed E-state index contributed by atoms with van der Waals surface area (Å²) in [5, 5.41) is 12.2. The Morgan fingerprint density at radius 3 is 2.79 bits per heavy atom. The fourth-order valence-electron chi connectivity index (χ4n) is 1.13. The summed E-state index contributed by atoms with van der Waals surface area (Å²) < 4.78 is 2.67. The minimum Gasteiger partial charge on any atom is -0.381 e. The molecule has 2 N–H and O–H groups in total. The second-order valence-corrected chi connectivity index (χ2v) is 3.75. The van der Waals surface area contributed by atoms with E-state index in [1.807, 2.05) is 13.2 Å². The van der Waals surface area contributed by atoms with Crippen molar-refractivity contribution in [3.63, 3.8) is 0 Å². The number of halogens is 1. The Bertz CT molecular complexity index is 445. The molecular weight excluding hydrogens is 248 g/mol. The average molecular weight is 257 g/mol. The van der Waals surface area contributed by atoms with Crippen molar-refractivity contribution in [1.29, 1.82) is 0 Å². The summed E-state index contributed by atoms with van der Waals surface area (Å²) in [5.41, 5.74) is 6.32. The highest BCUT2D eigenvalue weighted by molar-refractivity contribution is 9.10. The van der Waals surface area contributed by atoms with Crippen LogP contribution in [0, 0.1) is 0 Å². The summed E-state index contributed by atoms with van der Waals surface area (Å²) in [6.45, 7) is 0.513. The van der Waals surface area contributed by atoms with Crippen molar-refractivity contribution in [2.45, 2.75) is 6.54 Å². The molecular formula is C7H9BrN6. The van der Waals surface area contributed by atoms with Gasteiger partial charge in [-0.15, -0.1) is 5.10 Å². The number of aryl methyl sites for hydroxylation is 1. The zero-order chi connectivity index (χ0) is 10.1. The van der Waals surface area contributed by atoms with Crippen molar-refractivity contribution in [3.05, 3.63) is 22.6 Å². The number of rotatable bonds is 2. The first-order chi connectivity index (χ1) is 6.65. The number of nitrogens with zero attached hydrogens (tertiary/aromatic N) is 5. The molecule has 0 saturated carbocycles. The number of nitrogen functional groups attached to an aromatic ring is 1. The van der Waals surface area contributed by atoms with Crippen LogP contribution >= 0.6 is 15.9 Å². The predicted molar refractivity (Wildman–Crippen MR) is 54.4 cm³/mol. The van der Waals surface area contributed by atoms with E-state index in [0.717, 1.165) is 10.2 Å². The molecule has 14 heavy (non-hydrogen) atoms. The molecule has 2 heterocycles. The molecule has 0 aromatic carbocycles. The zero-order valence-electron chi connectivity index (χ0n) is 7.55. The van der Waals surface area contributed by atoms with Crippen LogP contribution < -0.4 is 5.73 Å². The molecule has 0 atom stereocenters. The number of nitrogens with two attached hydrogens (primary N) is 1. The Morgan fingerprint density at radius 1 is 1.50 bits per heavy atom. The minimum atomic E-state index is 0.414. The van der Waals surface area contributed by atoms with E-state index >= 15 is 0 Å². The molecule has 2 rings (SSSR count). The highest BCUT2D eigenvalue weighted by atomic mass is 79.9. The molecule has 0 amide bonds. The van der Waals surface area contributed by atoms with E-state index in [9.17, 15) is 0 Å². The molecule has 6 nitrogen and oxygen atoms in total. The normalized spacial score (nSPS) is 10.7. The fraction of sp³-hybridized carbons (Fsp3) is 0.286. The van der Waals surface area contributed by atoms with Crippen LogP contribution in [0.15, 0.2) is 16.9 Å². The van der Waals surface area contributed by atoms with Gasteiger partial charge in [0.25, 0.3) is 0 Å². The lowest BCUT2D eigenvalue weighted by Crippen LogP contribution is -2.05. The predicted octanol–water partition coefficient (Wildman–Crippen LogP) is 0.405. The number of anilines is 1. The van der Waals surface area contributed by atoms with Crippen molar-refractivity contribution < 1.29 is 0 Å². The zero-order valence-corrected chi connectivity index (χ0v) is 9.14. The Kier molecular flexibility index (Phi) is 2.24.